The summed E-state index contributed by atoms with van der Waals surface area (Å²) in [7, 11) is -3.03. The molecule has 4 atom stereocenters. The van der Waals surface area contributed by atoms with Crippen molar-refractivity contribution in [2.45, 2.75) is 25.0 Å². The molecule has 3 heterocycles. The van der Waals surface area contributed by atoms with Gasteiger partial charge in [-0.05, 0) is 93.0 Å². The molecule has 0 spiro atoms. The van der Waals surface area contributed by atoms with Crippen LogP contribution in [0.2, 0.25) is 0 Å². The fourth-order valence-electron chi connectivity index (χ4n) is 3.15. The van der Waals surface area contributed by atoms with Gasteiger partial charge in [-0.3, -0.25) is 14.3 Å². The van der Waals surface area contributed by atoms with E-state index in [0.717, 1.165) is 25.1 Å². The molecule has 1 fully saturated rings. The third-order valence-corrected chi connectivity index (χ3v) is 12.6. The first-order chi connectivity index (χ1) is 16.0. The van der Waals surface area contributed by atoms with E-state index in [4.69, 9.17) is 9.63 Å². The molecule has 4 rings (SSSR count). The lowest BCUT2D eigenvalue weighted by molar-refractivity contribution is -0.126. The van der Waals surface area contributed by atoms with Crippen LogP contribution in [-0.2, 0) is 13.8 Å². The van der Waals surface area contributed by atoms with Crippen LogP contribution < -0.4 is 11.2 Å². The first-order valence-corrected chi connectivity index (χ1v) is 14.6. The molecule has 34 heavy (non-hydrogen) atoms. The molecule has 1 unspecified atom stereocenters. The van der Waals surface area contributed by atoms with Crippen LogP contribution in [0.1, 0.15) is 12.6 Å². The van der Waals surface area contributed by atoms with E-state index in [0.29, 0.717) is 5.69 Å². The van der Waals surface area contributed by atoms with E-state index in [1.807, 2.05) is 0 Å². The molecule has 1 aliphatic heterocycles. The number of aliphatic hydroxyl groups is 1. The minimum atomic E-state index is -3.03. The number of H-pyrrole nitrogens is 1. The first kappa shape index (κ1) is 26.9. The number of hydrogen-bond donors (Lipinski definition) is 3. The summed E-state index contributed by atoms with van der Waals surface area (Å²) < 4.78 is 27.6. The molecule has 12 nitrogen and oxygen atoms in total. The number of nitrogens with one attached hydrogen (secondary N) is 1. The summed E-state index contributed by atoms with van der Waals surface area (Å²) in [4.78, 5) is 36.1. The molecule has 3 N–H and O–H groups in total. The Labute approximate surface area is 243 Å². The van der Waals surface area contributed by atoms with Crippen molar-refractivity contribution >= 4 is 101 Å². The number of halogens is 5. The highest BCUT2D eigenvalue weighted by Crippen LogP contribution is 2.42. The van der Waals surface area contributed by atoms with Crippen molar-refractivity contribution in [3.63, 3.8) is 0 Å². The highest BCUT2D eigenvalue weighted by molar-refractivity contribution is 14.1. The number of benzene rings is 1. The number of aromatic amines is 1. The van der Waals surface area contributed by atoms with E-state index < -0.39 is 38.1 Å². The molecule has 0 bridgehead atoms. The molecular formula is C16H10Br3I2N5O7P+. The van der Waals surface area contributed by atoms with Gasteiger partial charge >= 0.3 is 13.9 Å². The second kappa shape index (κ2) is 10.7. The van der Waals surface area contributed by atoms with Gasteiger partial charge in [-0.1, -0.05) is 9.74 Å². The average molecular weight is 909 g/mol. The van der Waals surface area contributed by atoms with Crippen molar-refractivity contribution in [2.24, 2.45) is 0 Å². The van der Waals surface area contributed by atoms with Gasteiger partial charge in [-0.25, -0.2) is 9.48 Å². The van der Waals surface area contributed by atoms with Gasteiger partial charge in [0.05, 0.1) is 26.4 Å². The minimum Gasteiger partial charge on any atom is -0.387 e. The summed E-state index contributed by atoms with van der Waals surface area (Å²) in [6.07, 6.45) is -1.06. The Morgan fingerprint density at radius 3 is 2.44 bits per heavy atom. The molecule has 0 aliphatic carbocycles. The lowest BCUT2D eigenvalue weighted by Gasteiger charge is -2.13. The van der Waals surface area contributed by atoms with E-state index in [1.165, 1.54) is 17.1 Å². The van der Waals surface area contributed by atoms with Crippen LogP contribution in [0.25, 0.3) is 16.9 Å². The van der Waals surface area contributed by atoms with Crippen LogP contribution in [0.3, 0.4) is 0 Å². The van der Waals surface area contributed by atoms with Crippen LogP contribution in [-0.4, -0.2) is 46.9 Å². The summed E-state index contributed by atoms with van der Waals surface area (Å²) in [6.45, 7) is 0. The standard InChI is InChI=1S/C16H9Br3I2N5O7P/c17-8-11(20)9(18)13(10(19)12(8)21)26-3-5(23-24-26)4-2-25(16(29)22-14(4)28)7-1-6(27)15(32-7)33-34(30)31/h2-3,6-7,15,27H,1H2,(H-,22,28,29,30,31)/p+1/t6-,7-,15-/m1/s1. The van der Waals surface area contributed by atoms with E-state index in [1.54, 1.807) is 0 Å². The molecule has 0 radical (unpaired) electrons. The van der Waals surface area contributed by atoms with Gasteiger partial charge in [0.2, 0.25) is 6.29 Å². The quantitative estimate of drug-likeness (QED) is 0.151. The summed E-state index contributed by atoms with van der Waals surface area (Å²) >= 11 is 15.0. The molecule has 180 valence electrons. The number of ether oxygens (including phenoxy) is 1. The highest BCUT2D eigenvalue weighted by Gasteiger charge is 2.42. The minimum absolute atomic E-state index is 0.0234. The molecule has 0 saturated carbocycles. The van der Waals surface area contributed by atoms with Crippen molar-refractivity contribution in [1.82, 2.24) is 24.5 Å². The second-order valence-electron chi connectivity index (χ2n) is 6.78. The molecular weight excluding hydrogens is 899 g/mol. The maximum Gasteiger partial charge on any atom is 0.697 e. The Morgan fingerprint density at radius 1 is 1.18 bits per heavy atom. The smallest absolute Gasteiger partial charge is 0.387 e. The van der Waals surface area contributed by atoms with Crippen LogP contribution >= 0.6 is 101 Å². The van der Waals surface area contributed by atoms with Crippen LogP contribution in [0, 0.1) is 7.14 Å². The zero-order valence-corrected chi connectivity index (χ0v) is 26.1. The molecule has 18 heteroatoms. The van der Waals surface area contributed by atoms with Crippen LogP contribution in [0.4, 0.5) is 0 Å². The number of rotatable bonds is 5. The van der Waals surface area contributed by atoms with Gasteiger partial charge in [0, 0.05) is 28.8 Å². The number of hydrogen-bond acceptors (Lipinski definition) is 8. The predicted octanol–water partition coefficient (Wildman–Crippen LogP) is 3.55. The zero-order chi connectivity index (χ0) is 24.9. The third kappa shape index (κ3) is 5.14. The molecule has 3 aromatic rings. The molecule has 1 aromatic carbocycles. The number of aromatic nitrogens is 5. The van der Waals surface area contributed by atoms with Gasteiger partial charge in [0.1, 0.15) is 18.0 Å². The second-order valence-corrected chi connectivity index (χ2v) is 12.0. The fraction of sp³-hybridized carbons (Fsp3) is 0.250. The van der Waals surface area contributed by atoms with Gasteiger partial charge in [-0.2, -0.15) is 0 Å². The van der Waals surface area contributed by atoms with E-state index >= 15 is 0 Å². The first-order valence-electron chi connectivity index (χ1n) is 8.96. The van der Waals surface area contributed by atoms with Gasteiger partial charge in [0.15, 0.2) is 0 Å². The topological polar surface area (TPSA) is 162 Å². The van der Waals surface area contributed by atoms with Crippen molar-refractivity contribution in [3.05, 3.63) is 53.8 Å². The highest BCUT2D eigenvalue weighted by atomic mass is 127. The van der Waals surface area contributed by atoms with Crippen molar-refractivity contribution in [2.75, 3.05) is 0 Å². The maximum atomic E-state index is 12.6. The zero-order valence-electron chi connectivity index (χ0n) is 16.2. The Hall–Kier alpha value is -0.120. The van der Waals surface area contributed by atoms with Gasteiger partial charge in [-0.15, -0.1) is 9.99 Å². The fourth-order valence-corrected chi connectivity index (χ4v) is 7.44. The largest absolute Gasteiger partial charge is 0.697 e. The summed E-state index contributed by atoms with van der Waals surface area (Å²) in [6, 6.07) is 0. The Bertz CT molecular complexity index is 1400. The summed E-state index contributed by atoms with van der Waals surface area (Å²) in [5, 5.41) is 18.3. The monoisotopic (exact) mass is 906 g/mol. The Balaban J connectivity index is 1.74. The van der Waals surface area contributed by atoms with Gasteiger partial charge in [0.25, 0.3) is 5.56 Å². The summed E-state index contributed by atoms with van der Waals surface area (Å²) in [5.74, 6) is 0. The van der Waals surface area contributed by atoms with Crippen LogP contribution in [0.5, 0.6) is 0 Å². The van der Waals surface area contributed by atoms with Crippen molar-refractivity contribution < 1.29 is 23.8 Å². The maximum absolute atomic E-state index is 12.6. The van der Waals surface area contributed by atoms with Gasteiger partial charge < -0.3 is 9.84 Å². The van der Waals surface area contributed by atoms with Crippen molar-refractivity contribution in [1.29, 1.82) is 0 Å². The van der Waals surface area contributed by atoms with Crippen molar-refractivity contribution in [3.8, 4) is 16.9 Å². The SMILES string of the molecule is O=c1[nH]c(=O)n([C@H]2C[C@@H](O)[C@@H](O[P+](=O)O)O2)cc1-c1cn(-c2c(Br)c(I)c(Br)c(I)c2Br)nn1. The number of aliphatic hydroxyl groups excluding tert-OH is 1. The molecule has 1 saturated heterocycles. The van der Waals surface area contributed by atoms with Crippen LogP contribution in [0.15, 0.2) is 35.4 Å². The molecule has 2 aromatic heterocycles. The lowest BCUT2D eigenvalue weighted by Crippen LogP contribution is -2.33. The summed E-state index contributed by atoms with van der Waals surface area (Å²) in [5.41, 5.74) is -0.645. The molecule has 1 aliphatic rings. The Morgan fingerprint density at radius 2 is 1.82 bits per heavy atom. The lowest BCUT2D eigenvalue weighted by atomic mass is 10.2. The van der Waals surface area contributed by atoms with E-state index in [-0.39, 0.29) is 17.7 Å². The third-order valence-electron chi connectivity index (χ3n) is 4.71. The normalized spacial score (nSPS) is 20.7. The Kier molecular flexibility index (Phi) is 8.48. The molecule has 0 amide bonds. The number of nitrogens with zero attached hydrogens (tertiary/aromatic N) is 4. The van der Waals surface area contributed by atoms with E-state index in [9.17, 15) is 19.3 Å². The average Bonchev–Trinajstić information content (AvgIpc) is 3.38. The predicted molar refractivity (Wildman–Crippen MR) is 146 cm³/mol. The van der Waals surface area contributed by atoms with E-state index in [2.05, 4.69) is 113 Å².